The summed E-state index contributed by atoms with van der Waals surface area (Å²) in [5.74, 6) is 0. The molecule has 2 heteroatoms. The molecular weight excluding hydrogens is 172 g/mol. The van der Waals surface area contributed by atoms with Gasteiger partial charge >= 0.3 is 0 Å². The van der Waals surface area contributed by atoms with Crippen molar-refractivity contribution in [3.8, 4) is 0 Å². The average Bonchev–Trinajstić information content (AvgIpc) is 2.26. The Kier molecular flexibility index (Phi) is 3.96. The number of benzene rings is 1. The van der Waals surface area contributed by atoms with Gasteiger partial charge in [0.05, 0.1) is 5.69 Å². The Morgan fingerprint density at radius 1 is 1.14 bits per heavy atom. The number of nitrogens with one attached hydrogen (secondary N) is 1. The quantitative estimate of drug-likeness (QED) is 0.737. The van der Waals surface area contributed by atoms with E-state index < -0.39 is 0 Å². The number of rotatable bonds is 4. The van der Waals surface area contributed by atoms with Crippen LogP contribution in [0.3, 0.4) is 0 Å². The Hall–Kier alpha value is -1.02. The zero-order valence-electron chi connectivity index (χ0n) is 9.59. The lowest BCUT2D eigenvalue weighted by Crippen LogP contribution is -2.32. The topological polar surface area (TPSA) is 15.3 Å². The van der Waals surface area contributed by atoms with E-state index in [2.05, 4.69) is 49.5 Å². The molecule has 78 valence electrons. The van der Waals surface area contributed by atoms with Crippen molar-refractivity contribution in [2.45, 2.75) is 26.7 Å². The van der Waals surface area contributed by atoms with Crippen LogP contribution < -0.4 is 10.4 Å². The first-order valence-electron chi connectivity index (χ1n) is 5.26. The zero-order valence-corrected chi connectivity index (χ0v) is 9.59. The molecule has 2 nitrogen and oxygen atoms in total. The molecule has 0 spiro atoms. The van der Waals surface area contributed by atoms with Gasteiger partial charge in [0, 0.05) is 14.1 Å². The van der Waals surface area contributed by atoms with Crippen molar-refractivity contribution in [1.82, 2.24) is 5.43 Å². The minimum Gasteiger partial charge on any atom is -0.311 e. The highest BCUT2D eigenvalue weighted by Gasteiger charge is 2.08. The summed E-state index contributed by atoms with van der Waals surface area (Å²) in [5, 5.41) is 2.09. The number of hydrogen-bond acceptors (Lipinski definition) is 2. The van der Waals surface area contributed by atoms with Gasteiger partial charge in [0.1, 0.15) is 0 Å². The third kappa shape index (κ3) is 2.07. The van der Waals surface area contributed by atoms with E-state index in [4.69, 9.17) is 0 Å². The molecule has 1 rings (SSSR count). The molecule has 0 unspecified atom stereocenters. The van der Waals surface area contributed by atoms with Crippen molar-refractivity contribution >= 4 is 5.69 Å². The van der Waals surface area contributed by atoms with E-state index >= 15 is 0 Å². The van der Waals surface area contributed by atoms with Crippen molar-refractivity contribution < 1.29 is 0 Å². The van der Waals surface area contributed by atoms with Crippen LogP contribution in [0.5, 0.6) is 0 Å². The Bertz CT molecular complexity index is 272. The smallest absolute Gasteiger partial charge is 0.0579 e. The molecule has 1 aromatic rings. The summed E-state index contributed by atoms with van der Waals surface area (Å²) < 4.78 is 0. The van der Waals surface area contributed by atoms with Gasteiger partial charge < -0.3 is 5.01 Å². The van der Waals surface area contributed by atoms with Crippen LogP contribution in [0, 0.1) is 0 Å². The first kappa shape index (κ1) is 11.1. The molecule has 0 fully saturated rings. The predicted octanol–water partition coefficient (Wildman–Crippen LogP) is 2.38. The summed E-state index contributed by atoms with van der Waals surface area (Å²) in [6.07, 6.45) is 2.16. The standard InChI is InChI=1S/C12H20N2/c1-5-10-8-7-9-11(6-2)12(10)14(4)13-3/h7-9,13H,5-6H2,1-4H3. The van der Waals surface area contributed by atoms with E-state index in [1.807, 2.05) is 7.05 Å². The van der Waals surface area contributed by atoms with Gasteiger partial charge in [-0.05, 0) is 24.0 Å². The molecule has 0 amide bonds. The molecule has 0 aliphatic heterocycles. The van der Waals surface area contributed by atoms with Gasteiger partial charge in [-0.3, -0.25) is 0 Å². The van der Waals surface area contributed by atoms with E-state index in [9.17, 15) is 0 Å². The lowest BCUT2D eigenvalue weighted by molar-refractivity contribution is 0.777. The van der Waals surface area contributed by atoms with Crippen LogP contribution in [0.15, 0.2) is 18.2 Å². The molecule has 1 aromatic carbocycles. The summed E-state index contributed by atoms with van der Waals surface area (Å²) in [6, 6.07) is 6.54. The molecule has 0 saturated carbocycles. The number of para-hydroxylation sites is 1. The predicted molar refractivity (Wildman–Crippen MR) is 62.7 cm³/mol. The van der Waals surface area contributed by atoms with Crippen molar-refractivity contribution in [2.75, 3.05) is 19.1 Å². The molecule has 0 radical (unpaired) electrons. The Morgan fingerprint density at radius 2 is 1.64 bits per heavy atom. The normalized spacial score (nSPS) is 10.3. The summed E-state index contributed by atoms with van der Waals surface area (Å²) in [4.78, 5) is 0. The number of anilines is 1. The van der Waals surface area contributed by atoms with E-state index in [-0.39, 0.29) is 0 Å². The molecule has 0 atom stereocenters. The fourth-order valence-corrected chi connectivity index (χ4v) is 1.76. The SMILES string of the molecule is CCc1cccc(CC)c1N(C)NC. The van der Waals surface area contributed by atoms with Crippen LogP contribution in [0.1, 0.15) is 25.0 Å². The van der Waals surface area contributed by atoms with Crippen LogP contribution in [0.2, 0.25) is 0 Å². The highest BCUT2D eigenvalue weighted by Crippen LogP contribution is 2.24. The minimum atomic E-state index is 1.08. The maximum absolute atomic E-state index is 3.16. The summed E-state index contributed by atoms with van der Waals surface area (Å²) >= 11 is 0. The zero-order chi connectivity index (χ0) is 10.6. The molecule has 0 bridgehead atoms. The molecule has 1 N–H and O–H groups in total. The lowest BCUT2D eigenvalue weighted by atomic mass is 10.0. The van der Waals surface area contributed by atoms with Gasteiger partial charge in [-0.2, -0.15) is 0 Å². The van der Waals surface area contributed by atoms with E-state index in [0.717, 1.165) is 12.8 Å². The number of hydrazine groups is 1. The van der Waals surface area contributed by atoms with Gasteiger partial charge in [0.2, 0.25) is 0 Å². The summed E-state index contributed by atoms with van der Waals surface area (Å²) in [6.45, 7) is 4.39. The molecule has 0 heterocycles. The summed E-state index contributed by atoms with van der Waals surface area (Å²) in [7, 11) is 4.01. The number of nitrogens with zero attached hydrogens (tertiary/aromatic N) is 1. The Morgan fingerprint density at radius 3 is 2.00 bits per heavy atom. The summed E-state index contributed by atoms with van der Waals surface area (Å²) in [5.41, 5.74) is 7.31. The van der Waals surface area contributed by atoms with Gasteiger partial charge in [-0.15, -0.1) is 0 Å². The Balaban J connectivity index is 3.18. The third-order valence-electron chi connectivity index (χ3n) is 2.64. The maximum atomic E-state index is 3.16. The second kappa shape index (κ2) is 5.01. The van der Waals surface area contributed by atoms with E-state index in [1.54, 1.807) is 0 Å². The van der Waals surface area contributed by atoms with Gasteiger partial charge in [0.15, 0.2) is 0 Å². The molecule has 0 saturated heterocycles. The fraction of sp³-hybridized carbons (Fsp3) is 0.500. The molecule has 0 aromatic heterocycles. The van der Waals surface area contributed by atoms with Crippen LogP contribution >= 0.6 is 0 Å². The Labute approximate surface area is 86.9 Å². The maximum Gasteiger partial charge on any atom is 0.0579 e. The highest BCUT2D eigenvalue weighted by atomic mass is 15.5. The van der Waals surface area contributed by atoms with Gasteiger partial charge in [-0.1, -0.05) is 32.0 Å². The van der Waals surface area contributed by atoms with Crippen LogP contribution in [0.4, 0.5) is 5.69 Å². The van der Waals surface area contributed by atoms with Crippen LogP contribution in [-0.2, 0) is 12.8 Å². The first-order chi connectivity index (χ1) is 6.74. The van der Waals surface area contributed by atoms with Gasteiger partial charge in [-0.25, -0.2) is 5.43 Å². The van der Waals surface area contributed by atoms with Crippen molar-refractivity contribution in [3.05, 3.63) is 29.3 Å². The molecule has 14 heavy (non-hydrogen) atoms. The third-order valence-corrected chi connectivity index (χ3v) is 2.64. The second-order valence-corrected chi connectivity index (χ2v) is 3.41. The fourth-order valence-electron chi connectivity index (χ4n) is 1.76. The average molecular weight is 192 g/mol. The van der Waals surface area contributed by atoms with E-state index in [1.165, 1.54) is 16.8 Å². The molecular formula is C12H20N2. The number of hydrogen-bond donors (Lipinski definition) is 1. The van der Waals surface area contributed by atoms with E-state index in [0.29, 0.717) is 0 Å². The highest BCUT2D eigenvalue weighted by molar-refractivity contribution is 5.58. The van der Waals surface area contributed by atoms with Crippen molar-refractivity contribution in [2.24, 2.45) is 0 Å². The van der Waals surface area contributed by atoms with Crippen molar-refractivity contribution in [3.63, 3.8) is 0 Å². The second-order valence-electron chi connectivity index (χ2n) is 3.41. The van der Waals surface area contributed by atoms with Crippen LogP contribution in [0.25, 0.3) is 0 Å². The number of aryl methyl sites for hydroxylation is 2. The van der Waals surface area contributed by atoms with Crippen molar-refractivity contribution in [1.29, 1.82) is 0 Å². The lowest BCUT2D eigenvalue weighted by Gasteiger charge is -2.23. The monoisotopic (exact) mass is 192 g/mol. The van der Waals surface area contributed by atoms with Crippen LogP contribution in [-0.4, -0.2) is 14.1 Å². The minimum absolute atomic E-state index is 1.08. The molecule has 0 aliphatic rings. The first-order valence-corrected chi connectivity index (χ1v) is 5.26. The van der Waals surface area contributed by atoms with Gasteiger partial charge in [0.25, 0.3) is 0 Å². The largest absolute Gasteiger partial charge is 0.311 e. The molecule has 0 aliphatic carbocycles.